The van der Waals surface area contributed by atoms with Gasteiger partial charge in [0.25, 0.3) is 0 Å². The minimum Gasteiger partial charge on any atom is -0.310 e. The predicted octanol–water partition coefficient (Wildman–Crippen LogP) is 9.94. The molecule has 1 aliphatic rings. The van der Waals surface area contributed by atoms with Crippen molar-refractivity contribution >= 4 is 22.7 Å². The third-order valence-corrected chi connectivity index (χ3v) is 8.20. The fraction of sp³-hybridized carbons (Fsp3) is 0.0256. The normalized spacial score (nSPS) is 12.9. The van der Waals surface area contributed by atoms with Gasteiger partial charge in [-0.1, -0.05) is 121 Å². The lowest BCUT2D eigenvalue weighted by Gasteiger charge is -2.46. The van der Waals surface area contributed by atoms with E-state index in [1.807, 2.05) is 6.07 Å². The van der Waals surface area contributed by atoms with Crippen molar-refractivity contribution in [1.82, 2.24) is 0 Å². The van der Waals surface area contributed by atoms with E-state index in [1.165, 1.54) is 22.3 Å². The molecule has 0 atom stereocenters. The lowest BCUT2D eigenvalue weighted by molar-refractivity contribution is 0.731. The predicted molar refractivity (Wildman–Crippen MR) is 169 cm³/mol. The van der Waals surface area contributed by atoms with E-state index in [9.17, 15) is 5.26 Å². The van der Waals surface area contributed by atoms with Crippen molar-refractivity contribution in [1.29, 1.82) is 5.26 Å². The summed E-state index contributed by atoms with van der Waals surface area (Å²) < 4.78 is 0. The fourth-order valence-corrected chi connectivity index (χ4v) is 6.43. The molecule has 0 aliphatic carbocycles. The third kappa shape index (κ3) is 3.80. The van der Waals surface area contributed by atoms with Crippen LogP contribution in [0.15, 0.2) is 152 Å². The van der Waals surface area contributed by atoms with Crippen LogP contribution in [0.25, 0.3) is 16.0 Å². The first-order valence-corrected chi connectivity index (χ1v) is 13.9. The van der Waals surface area contributed by atoms with Gasteiger partial charge in [0.1, 0.15) is 0 Å². The number of hydrogen-bond acceptors (Lipinski definition) is 2. The molecule has 3 nitrogen and oxygen atoms in total. The Balaban J connectivity index is 1.45. The molecule has 42 heavy (non-hydrogen) atoms. The molecule has 1 heterocycles. The van der Waals surface area contributed by atoms with Crippen LogP contribution in [0, 0.1) is 17.9 Å². The molecular formula is C39H25N3. The number of anilines is 3. The van der Waals surface area contributed by atoms with Gasteiger partial charge in [0, 0.05) is 11.3 Å². The van der Waals surface area contributed by atoms with Crippen molar-refractivity contribution in [2.45, 2.75) is 5.41 Å². The molecule has 0 saturated carbocycles. The molecule has 196 valence electrons. The Morgan fingerprint density at radius 3 is 1.64 bits per heavy atom. The second kappa shape index (κ2) is 10.3. The van der Waals surface area contributed by atoms with Crippen molar-refractivity contribution in [2.75, 3.05) is 4.90 Å². The molecular weight excluding hydrogens is 510 g/mol. The highest BCUT2D eigenvalue weighted by Crippen LogP contribution is 2.57. The number of hydrogen-bond donors (Lipinski definition) is 0. The van der Waals surface area contributed by atoms with Gasteiger partial charge in [-0.15, -0.1) is 0 Å². The average Bonchev–Trinajstić information content (AvgIpc) is 3.08. The van der Waals surface area contributed by atoms with E-state index in [4.69, 9.17) is 6.57 Å². The number of rotatable bonds is 4. The van der Waals surface area contributed by atoms with Gasteiger partial charge in [0.05, 0.1) is 29.4 Å². The average molecular weight is 536 g/mol. The summed E-state index contributed by atoms with van der Waals surface area (Å²) in [6, 6.07) is 54.8. The van der Waals surface area contributed by atoms with Crippen LogP contribution in [-0.2, 0) is 5.41 Å². The van der Waals surface area contributed by atoms with Crippen molar-refractivity contribution in [3.8, 4) is 17.2 Å². The summed E-state index contributed by atoms with van der Waals surface area (Å²) in [5.74, 6) is 0. The Hall–Kier alpha value is -5.90. The van der Waals surface area contributed by atoms with Crippen LogP contribution in [0.5, 0.6) is 0 Å². The highest BCUT2D eigenvalue weighted by Gasteiger charge is 2.46. The van der Waals surface area contributed by atoms with E-state index < -0.39 is 5.41 Å². The zero-order valence-electron chi connectivity index (χ0n) is 22.8. The monoisotopic (exact) mass is 535 g/mol. The van der Waals surface area contributed by atoms with Crippen molar-refractivity contribution < 1.29 is 0 Å². The Kier molecular flexibility index (Phi) is 6.12. The summed E-state index contributed by atoms with van der Waals surface area (Å²) in [7, 11) is 0. The summed E-state index contributed by atoms with van der Waals surface area (Å²) in [4.78, 5) is 5.82. The van der Waals surface area contributed by atoms with Gasteiger partial charge in [-0.25, -0.2) is 4.85 Å². The lowest BCUT2D eigenvalue weighted by Crippen LogP contribution is -2.37. The number of benzene rings is 6. The highest BCUT2D eigenvalue weighted by molar-refractivity contribution is 5.90. The van der Waals surface area contributed by atoms with E-state index in [0.717, 1.165) is 28.2 Å². The van der Waals surface area contributed by atoms with Gasteiger partial charge in [-0.3, -0.25) is 0 Å². The SMILES string of the molecule is [C-]#[N+]c1ccc(-c2ccc(N3c4ccccc4C(c4ccccc4)(c4ccccc4)c4ccccc43)cc2)c(C#N)c1. The first-order valence-electron chi connectivity index (χ1n) is 13.9. The summed E-state index contributed by atoms with van der Waals surface area (Å²) in [5, 5.41) is 9.75. The van der Waals surface area contributed by atoms with Crippen LogP contribution in [0.1, 0.15) is 27.8 Å². The number of fused-ring (bicyclic) bond motifs is 2. The van der Waals surface area contributed by atoms with Crippen LogP contribution in [0.4, 0.5) is 22.7 Å². The largest absolute Gasteiger partial charge is 0.310 e. The quantitative estimate of drug-likeness (QED) is 0.210. The molecule has 0 radical (unpaired) electrons. The molecule has 0 amide bonds. The van der Waals surface area contributed by atoms with Crippen molar-refractivity contribution in [3.63, 3.8) is 0 Å². The molecule has 0 N–H and O–H groups in total. The van der Waals surface area contributed by atoms with Gasteiger partial charge in [-0.2, -0.15) is 5.26 Å². The van der Waals surface area contributed by atoms with Gasteiger partial charge in [0.2, 0.25) is 0 Å². The number of para-hydroxylation sites is 2. The molecule has 0 saturated heterocycles. The first kappa shape index (κ1) is 25.1. The Bertz CT molecular complexity index is 1910. The molecule has 7 rings (SSSR count). The van der Waals surface area contributed by atoms with Gasteiger partial charge < -0.3 is 4.90 Å². The van der Waals surface area contributed by atoms with Gasteiger partial charge >= 0.3 is 0 Å². The van der Waals surface area contributed by atoms with E-state index in [2.05, 4.69) is 149 Å². The van der Waals surface area contributed by atoms with Gasteiger partial charge in [0.15, 0.2) is 5.69 Å². The second-order valence-corrected chi connectivity index (χ2v) is 10.4. The minimum absolute atomic E-state index is 0.466. The zero-order chi connectivity index (χ0) is 28.5. The van der Waals surface area contributed by atoms with Crippen LogP contribution >= 0.6 is 0 Å². The summed E-state index contributed by atoms with van der Waals surface area (Å²) in [5.41, 5.74) is 10.4. The Labute approximate surface area is 246 Å². The topological polar surface area (TPSA) is 31.4 Å². The molecule has 0 unspecified atom stereocenters. The van der Waals surface area contributed by atoms with Crippen LogP contribution < -0.4 is 4.90 Å². The van der Waals surface area contributed by atoms with E-state index in [1.54, 1.807) is 12.1 Å². The highest BCUT2D eigenvalue weighted by atomic mass is 15.2. The fourth-order valence-electron chi connectivity index (χ4n) is 6.43. The Morgan fingerprint density at radius 2 is 1.12 bits per heavy atom. The molecule has 6 aromatic carbocycles. The maximum atomic E-state index is 9.75. The first-order chi connectivity index (χ1) is 20.8. The number of nitriles is 1. The number of nitrogens with zero attached hydrogens (tertiary/aromatic N) is 3. The minimum atomic E-state index is -0.501. The van der Waals surface area contributed by atoms with Crippen LogP contribution in [-0.4, -0.2) is 0 Å². The molecule has 3 heteroatoms. The smallest absolute Gasteiger partial charge is 0.188 e. The summed E-state index contributed by atoms with van der Waals surface area (Å²) in [6.45, 7) is 7.30. The summed E-state index contributed by atoms with van der Waals surface area (Å²) in [6.07, 6.45) is 0. The van der Waals surface area contributed by atoms with Crippen molar-refractivity contribution in [3.05, 3.63) is 191 Å². The molecule has 1 aliphatic heterocycles. The van der Waals surface area contributed by atoms with Crippen LogP contribution in [0.2, 0.25) is 0 Å². The van der Waals surface area contributed by atoms with E-state index in [0.29, 0.717) is 11.3 Å². The maximum absolute atomic E-state index is 9.75. The maximum Gasteiger partial charge on any atom is 0.188 e. The summed E-state index contributed by atoms with van der Waals surface area (Å²) >= 11 is 0. The molecule has 0 spiro atoms. The van der Waals surface area contributed by atoms with E-state index >= 15 is 0 Å². The third-order valence-electron chi connectivity index (χ3n) is 8.20. The Morgan fingerprint density at radius 1 is 0.595 bits per heavy atom. The van der Waals surface area contributed by atoms with Gasteiger partial charge in [-0.05, 0) is 63.7 Å². The molecule has 0 fully saturated rings. The lowest BCUT2D eigenvalue weighted by atomic mass is 9.62. The molecule has 6 aromatic rings. The van der Waals surface area contributed by atoms with Crippen molar-refractivity contribution in [2.24, 2.45) is 0 Å². The second-order valence-electron chi connectivity index (χ2n) is 10.4. The standard InChI is InChI=1S/C39H25N3/c1-41-32-22-25-34(29(26-32)27-40)28-20-23-33(24-21-28)42-37-18-10-8-16-35(37)39(30-12-4-2-5-13-30,31-14-6-3-7-15-31)36-17-9-11-19-38(36)42/h2-26H. The van der Waals surface area contributed by atoms with E-state index in [-0.39, 0.29) is 0 Å². The molecule has 0 aromatic heterocycles. The zero-order valence-corrected chi connectivity index (χ0v) is 22.8. The van der Waals surface area contributed by atoms with Crippen LogP contribution in [0.3, 0.4) is 0 Å². The molecule has 0 bridgehead atoms.